The van der Waals surface area contributed by atoms with Crippen molar-refractivity contribution in [1.82, 2.24) is 9.97 Å². The first-order valence-electron chi connectivity index (χ1n) is 7.81. The molecule has 0 aliphatic carbocycles. The minimum absolute atomic E-state index is 0.138. The van der Waals surface area contributed by atoms with Gasteiger partial charge in [0.1, 0.15) is 0 Å². The van der Waals surface area contributed by atoms with Crippen LogP contribution in [0.15, 0.2) is 12.3 Å². The van der Waals surface area contributed by atoms with Crippen LogP contribution in [0.1, 0.15) is 59.8 Å². The van der Waals surface area contributed by atoms with E-state index in [1.165, 1.54) is 25.7 Å². The van der Waals surface area contributed by atoms with Gasteiger partial charge in [0.15, 0.2) is 0 Å². The number of hydrogen-bond donors (Lipinski definition) is 1. The molecule has 0 aliphatic heterocycles. The largest absolute Gasteiger partial charge is 0.475 e. The second-order valence-corrected chi connectivity index (χ2v) is 5.91. The molecule has 1 aromatic rings. The van der Waals surface area contributed by atoms with Crippen LogP contribution in [-0.2, 0) is 0 Å². The van der Waals surface area contributed by atoms with Crippen LogP contribution in [0.3, 0.4) is 0 Å². The Hall–Kier alpha value is -1.32. The summed E-state index contributed by atoms with van der Waals surface area (Å²) in [6.07, 6.45) is 8.29. The third-order valence-electron chi connectivity index (χ3n) is 2.98. The van der Waals surface area contributed by atoms with Crippen molar-refractivity contribution in [3.63, 3.8) is 0 Å². The molecule has 1 heterocycles. The first-order chi connectivity index (χ1) is 9.58. The topological polar surface area (TPSA) is 47.0 Å². The summed E-state index contributed by atoms with van der Waals surface area (Å²) in [5, 5.41) is 3.26. The third-order valence-corrected chi connectivity index (χ3v) is 2.98. The highest BCUT2D eigenvalue weighted by molar-refractivity contribution is 5.27. The first-order valence-corrected chi connectivity index (χ1v) is 7.81. The first kappa shape index (κ1) is 16.7. The molecule has 0 aromatic carbocycles. The van der Waals surface area contributed by atoms with Crippen molar-refractivity contribution in [1.29, 1.82) is 0 Å². The van der Waals surface area contributed by atoms with Gasteiger partial charge in [-0.1, -0.05) is 39.5 Å². The Morgan fingerprint density at radius 3 is 2.55 bits per heavy atom. The van der Waals surface area contributed by atoms with Crippen LogP contribution < -0.4 is 10.1 Å². The molecule has 20 heavy (non-hydrogen) atoms. The predicted molar refractivity (Wildman–Crippen MR) is 84.2 cm³/mol. The lowest BCUT2D eigenvalue weighted by molar-refractivity contribution is 0.232. The van der Waals surface area contributed by atoms with E-state index in [0.717, 1.165) is 18.9 Å². The van der Waals surface area contributed by atoms with Gasteiger partial charge in [-0.2, -0.15) is 4.98 Å². The summed E-state index contributed by atoms with van der Waals surface area (Å²) in [7, 11) is 0. The molecular weight excluding hydrogens is 250 g/mol. The lowest BCUT2D eigenvalue weighted by Crippen LogP contribution is -2.10. The zero-order chi connectivity index (χ0) is 14.8. The number of hydrogen-bond acceptors (Lipinski definition) is 4. The molecular formula is C16H29N3O. The van der Waals surface area contributed by atoms with Gasteiger partial charge in [0, 0.05) is 18.8 Å². The van der Waals surface area contributed by atoms with Gasteiger partial charge < -0.3 is 10.1 Å². The van der Waals surface area contributed by atoms with Gasteiger partial charge in [0.2, 0.25) is 11.8 Å². The summed E-state index contributed by atoms with van der Waals surface area (Å²) in [6.45, 7) is 9.47. The van der Waals surface area contributed by atoms with E-state index in [9.17, 15) is 0 Å². The number of rotatable bonds is 10. The highest BCUT2D eigenvalue weighted by Crippen LogP contribution is 2.11. The van der Waals surface area contributed by atoms with Crippen LogP contribution >= 0.6 is 0 Å². The van der Waals surface area contributed by atoms with E-state index in [1.54, 1.807) is 12.3 Å². The Kier molecular flexibility index (Phi) is 8.00. The number of nitrogens with zero attached hydrogens (tertiary/aromatic N) is 2. The summed E-state index contributed by atoms with van der Waals surface area (Å²) < 4.78 is 5.55. The Morgan fingerprint density at radius 2 is 1.85 bits per heavy atom. The third kappa shape index (κ3) is 7.97. The van der Waals surface area contributed by atoms with E-state index in [-0.39, 0.29) is 6.10 Å². The van der Waals surface area contributed by atoms with Gasteiger partial charge in [-0.25, -0.2) is 4.98 Å². The molecule has 0 saturated heterocycles. The molecule has 0 atom stereocenters. The SMILES string of the molecule is CC(C)CCCCCCNc1nccc(OC(C)C)n1. The van der Waals surface area contributed by atoms with E-state index >= 15 is 0 Å². The van der Waals surface area contributed by atoms with E-state index < -0.39 is 0 Å². The molecule has 114 valence electrons. The minimum atomic E-state index is 0.138. The maximum Gasteiger partial charge on any atom is 0.225 e. The fourth-order valence-electron chi connectivity index (χ4n) is 1.97. The van der Waals surface area contributed by atoms with Gasteiger partial charge in [-0.05, 0) is 26.2 Å². The Balaban J connectivity index is 2.15. The summed E-state index contributed by atoms with van der Waals surface area (Å²) in [6, 6.07) is 1.79. The molecule has 1 rings (SSSR count). The Bertz CT molecular complexity index is 366. The zero-order valence-electron chi connectivity index (χ0n) is 13.4. The van der Waals surface area contributed by atoms with E-state index in [1.807, 2.05) is 13.8 Å². The molecule has 0 bridgehead atoms. The van der Waals surface area contributed by atoms with E-state index in [0.29, 0.717) is 11.8 Å². The number of anilines is 1. The summed E-state index contributed by atoms with van der Waals surface area (Å²) in [4.78, 5) is 8.53. The molecule has 0 unspecified atom stereocenters. The van der Waals surface area contributed by atoms with Gasteiger partial charge in [0.25, 0.3) is 0 Å². The van der Waals surface area contributed by atoms with Crippen LogP contribution in [0.25, 0.3) is 0 Å². The lowest BCUT2D eigenvalue weighted by Gasteiger charge is -2.10. The smallest absolute Gasteiger partial charge is 0.225 e. The molecule has 0 radical (unpaired) electrons. The fourth-order valence-corrected chi connectivity index (χ4v) is 1.97. The average molecular weight is 279 g/mol. The van der Waals surface area contributed by atoms with Crippen molar-refractivity contribution >= 4 is 5.95 Å². The summed E-state index contributed by atoms with van der Waals surface area (Å²) >= 11 is 0. The molecule has 4 heteroatoms. The van der Waals surface area contributed by atoms with Crippen molar-refractivity contribution in [3.05, 3.63) is 12.3 Å². The van der Waals surface area contributed by atoms with Crippen LogP contribution in [0.2, 0.25) is 0 Å². The van der Waals surface area contributed by atoms with Gasteiger partial charge in [0.05, 0.1) is 6.10 Å². The highest BCUT2D eigenvalue weighted by atomic mass is 16.5. The summed E-state index contributed by atoms with van der Waals surface area (Å²) in [5.74, 6) is 2.12. The standard InChI is InChI=1S/C16H29N3O/c1-13(2)9-7-5-6-8-11-17-16-18-12-10-15(19-16)20-14(3)4/h10,12-14H,5-9,11H2,1-4H3,(H,17,18,19). The fraction of sp³-hybridized carbons (Fsp3) is 0.750. The second-order valence-electron chi connectivity index (χ2n) is 5.91. The molecule has 1 N–H and O–H groups in total. The quantitative estimate of drug-likeness (QED) is 0.649. The van der Waals surface area contributed by atoms with E-state index in [4.69, 9.17) is 4.74 Å². The van der Waals surface area contributed by atoms with Gasteiger partial charge in [-0.15, -0.1) is 0 Å². The average Bonchev–Trinajstić information content (AvgIpc) is 2.37. The molecule has 0 fully saturated rings. The Labute approximate surface area is 123 Å². The monoisotopic (exact) mass is 279 g/mol. The van der Waals surface area contributed by atoms with Crippen LogP contribution in [-0.4, -0.2) is 22.6 Å². The number of nitrogens with one attached hydrogen (secondary N) is 1. The number of ether oxygens (including phenoxy) is 1. The molecule has 4 nitrogen and oxygen atoms in total. The number of aromatic nitrogens is 2. The van der Waals surface area contributed by atoms with Crippen molar-refractivity contribution in [3.8, 4) is 5.88 Å². The van der Waals surface area contributed by atoms with Crippen molar-refractivity contribution in [2.75, 3.05) is 11.9 Å². The van der Waals surface area contributed by atoms with Crippen molar-refractivity contribution in [2.45, 2.75) is 65.9 Å². The Morgan fingerprint density at radius 1 is 1.10 bits per heavy atom. The van der Waals surface area contributed by atoms with Crippen molar-refractivity contribution in [2.24, 2.45) is 5.92 Å². The second kappa shape index (κ2) is 9.56. The van der Waals surface area contributed by atoms with Crippen LogP contribution in [0.5, 0.6) is 5.88 Å². The molecule has 0 saturated carbocycles. The zero-order valence-corrected chi connectivity index (χ0v) is 13.4. The highest BCUT2D eigenvalue weighted by Gasteiger charge is 2.01. The lowest BCUT2D eigenvalue weighted by atomic mass is 10.0. The van der Waals surface area contributed by atoms with Gasteiger partial charge in [-0.3, -0.25) is 0 Å². The van der Waals surface area contributed by atoms with Gasteiger partial charge >= 0.3 is 0 Å². The molecule has 0 amide bonds. The number of unbranched alkanes of at least 4 members (excludes halogenated alkanes) is 3. The maximum absolute atomic E-state index is 5.55. The molecule has 0 spiro atoms. The van der Waals surface area contributed by atoms with E-state index in [2.05, 4.69) is 29.1 Å². The van der Waals surface area contributed by atoms with Crippen molar-refractivity contribution < 1.29 is 4.74 Å². The molecule has 0 aliphatic rings. The maximum atomic E-state index is 5.55. The minimum Gasteiger partial charge on any atom is -0.475 e. The summed E-state index contributed by atoms with van der Waals surface area (Å²) in [5.41, 5.74) is 0. The predicted octanol–water partition coefficient (Wildman–Crippen LogP) is 4.28. The van der Waals surface area contributed by atoms with Crippen LogP contribution in [0, 0.1) is 5.92 Å². The molecule has 1 aromatic heterocycles. The van der Waals surface area contributed by atoms with Crippen LogP contribution in [0.4, 0.5) is 5.95 Å². The normalized spacial score (nSPS) is 11.1.